The molecule has 150 valence electrons. The molecular formula is C22H20FNO4S. The molecule has 0 saturated carbocycles. The highest BCUT2D eigenvalue weighted by Crippen LogP contribution is 2.28. The van der Waals surface area contributed by atoms with E-state index < -0.39 is 21.7 Å². The minimum absolute atomic E-state index is 0.0679. The molecule has 5 nitrogen and oxygen atoms in total. The van der Waals surface area contributed by atoms with Gasteiger partial charge in [-0.15, -0.1) is 0 Å². The number of halogens is 1. The third kappa shape index (κ3) is 4.30. The summed E-state index contributed by atoms with van der Waals surface area (Å²) in [7, 11) is -4.28. The van der Waals surface area contributed by atoms with Gasteiger partial charge < -0.3 is 4.74 Å². The lowest BCUT2D eigenvalue weighted by Crippen LogP contribution is -2.37. The predicted octanol–water partition coefficient (Wildman–Crippen LogP) is 4.57. The Morgan fingerprint density at radius 1 is 0.966 bits per heavy atom. The fraction of sp³-hybridized carbons (Fsp3) is 0.136. The molecule has 0 atom stereocenters. The second-order valence-electron chi connectivity index (χ2n) is 6.29. The first-order valence-electron chi connectivity index (χ1n) is 8.98. The number of benzene rings is 3. The highest BCUT2D eigenvalue weighted by Gasteiger charge is 2.33. The quantitative estimate of drug-likeness (QED) is 0.594. The molecule has 0 aromatic heterocycles. The minimum atomic E-state index is -4.28. The molecule has 29 heavy (non-hydrogen) atoms. The zero-order valence-electron chi connectivity index (χ0n) is 16.0. The average molecular weight is 413 g/mol. The summed E-state index contributed by atoms with van der Waals surface area (Å²) in [5, 5.41) is 0. The van der Waals surface area contributed by atoms with Gasteiger partial charge in [-0.1, -0.05) is 29.8 Å². The van der Waals surface area contributed by atoms with Gasteiger partial charge in [0.15, 0.2) is 0 Å². The Morgan fingerprint density at radius 2 is 1.59 bits per heavy atom. The molecule has 0 N–H and O–H groups in total. The first kappa shape index (κ1) is 20.5. The summed E-state index contributed by atoms with van der Waals surface area (Å²) in [6.07, 6.45) is 0. The summed E-state index contributed by atoms with van der Waals surface area (Å²) >= 11 is 0. The number of sulfonamides is 1. The number of rotatable bonds is 6. The molecule has 0 aliphatic heterocycles. The lowest BCUT2D eigenvalue weighted by Gasteiger charge is -2.23. The molecule has 7 heteroatoms. The standard InChI is InChI=1S/C22H20FNO4S/c1-3-28-18-12-10-17(11-13-18)24(22(25)20-6-4-5-7-21(20)23)29(26,27)19-14-8-16(2)9-15-19/h4-15H,3H2,1-2H3. The van der Waals surface area contributed by atoms with E-state index in [2.05, 4.69) is 0 Å². The van der Waals surface area contributed by atoms with Crippen molar-refractivity contribution in [1.29, 1.82) is 0 Å². The average Bonchev–Trinajstić information content (AvgIpc) is 2.70. The molecule has 0 saturated heterocycles. The van der Waals surface area contributed by atoms with Crippen LogP contribution in [0.2, 0.25) is 0 Å². The van der Waals surface area contributed by atoms with Crippen LogP contribution in [0.5, 0.6) is 5.75 Å². The molecule has 1 amide bonds. The van der Waals surface area contributed by atoms with E-state index in [0.29, 0.717) is 16.7 Å². The van der Waals surface area contributed by atoms with Gasteiger partial charge in [0, 0.05) is 0 Å². The summed E-state index contributed by atoms with van der Waals surface area (Å²) in [6.45, 7) is 4.09. The molecule has 0 heterocycles. The van der Waals surface area contributed by atoms with Crippen molar-refractivity contribution in [3.05, 3.63) is 89.7 Å². The maximum Gasteiger partial charge on any atom is 0.275 e. The van der Waals surface area contributed by atoms with Crippen LogP contribution < -0.4 is 9.04 Å². The molecule has 0 bridgehead atoms. The fourth-order valence-corrected chi connectivity index (χ4v) is 4.18. The Labute approximate surface area is 169 Å². The third-order valence-electron chi connectivity index (χ3n) is 4.23. The van der Waals surface area contributed by atoms with Crippen LogP contribution >= 0.6 is 0 Å². The van der Waals surface area contributed by atoms with Crippen molar-refractivity contribution in [3.63, 3.8) is 0 Å². The zero-order chi connectivity index (χ0) is 21.0. The molecule has 0 radical (unpaired) electrons. The minimum Gasteiger partial charge on any atom is -0.494 e. The van der Waals surface area contributed by atoms with Gasteiger partial charge in [0.2, 0.25) is 0 Å². The first-order valence-corrected chi connectivity index (χ1v) is 10.4. The summed E-state index contributed by atoms with van der Waals surface area (Å²) in [6, 6.07) is 17.4. The molecule has 3 aromatic carbocycles. The third-order valence-corrected chi connectivity index (χ3v) is 5.96. The predicted molar refractivity (Wildman–Crippen MR) is 109 cm³/mol. The summed E-state index contributed by atoms with van der Waals surface area (Å²) in [4.78, 5) is 13.1. The number of anilines is 1. The second-order valence-corrected chi connectivity index (χ2v) is 8.08. The van der Waals surface area contributed by atoms with Gasteiger partial charge in [-0.05, 0) is 62.4 Å². The van der Waals surface area contributed by atoms with E-state index in [4.69, 9.17) is 4.74 Å². The molecule has 0 spiro atoms. The van der Waals surface area contributed by atoms with E-state index in [1.165, 1.54) is 42.5 Å². The van der Waals surface area contributed by atoms with Gasteiger partial charge >= 0.3 is 0 Å². The van der Waals surface area contributed by atoms with Crippen molar-refractivity contribution in [2.75, 3.05) is 10.9 Å². The van der Waals surface area contributed by atoms with Crippen LogP contribution in [-0.2, 0) is 10.0 Å². The van der Waals surface area contributed by atoms with Crippen LogP contribution in [0.15, 0.2) is 77.7 Å². The number of aryl methyl sites for hydroxylation is 1. The van der Waals surface area contributed by atoms with Crippen LogP contribution in [0.1, 0.15) is 22.8 Å². The maximum absolute atomic E-state index is 14.3. The Bertz CT molecular complexity index is 1110. The van der Waals surface area contributed by atoms with Crippen molar-refractivity contribution in [2.45, 2.75) is 18.7 Å². The number of carbonyl (C=O) groups is 1. The molecule has 3 aromatic rings. The van der Waals surface area contributed by atoms with Crippen molar-refractivity contribution >= 4 is 21.6 Å². The molecular weight excluding hydrogens is 393 g/mol. The van der Waals surface area contributed by atoms with Gasteiger partial charge in [-0.25, -0.2) is 12.8 Å². The monoisotopic (exact) mass is 413 g/mol. The molecule has 0 unspecified atom stereocenters. The Kier molecular flexibility index (Phi) is 5.98. The van der Waals surface area contributed by atoms with Crippen LogP contribution in [-0.4, -0.2) is 20.9 Å². The van der Waals surface area contributed by atoms with E-state index >= 15 is 0 Å². The molecule has 3 rings (SSSR count). The molecule has 0 aliphatic rings. The lowest BCUT2D eigenvalue weighted by atomic mass is 10.2. The Balaban J connectivity index is 2.14. The fourth-order valence-electron chi connectivity index (χ4n) is 2.77. The molecule has 0 aliphatic carbocycles. The van der Waals surface area contributed by atoms with E-state index in [1.54, 1.807) is 24.3 Å². The number of hydrogen-bond donors (Lipinski definition) is 0. The van der Waals surface area contributed by atoms with Crippen molar-refractivity contribution in [2.24, 2.45) is 0 Å². The van der Waals surface area contributed by atoms with Gasteiger partial charge in [0.1, 0.15) is 11.6 Å². The number of carbonyl (C=O) groups excluding carboxylic acids is 1. The number of nitrogens with zero attached hydrogens (tertiary/aromatic N) is 1. The van der Waals surface area contributed by atoms with Crippen LogP contribution in [0, 0.1) is 12.7 Å². The van der Waals surface area contributed by atoms with Gasteiger partial charge in [0.25, 0.3) is 15.9 Å². The number of ether oxygens (including phenoxy) is 1. The van der Waals surface area contributed by atoms with E-state index in [1.807, 2.05) is 13.8 Å². The van der Waals surface area contributed by atoms with Gasteiger partial charge in [0.05, 0.1) is 22.8 Å². The normalized spacial score (nSPS) is 11.1. The summed E-state index contributed by atoms with van der Waals surface area (Å²) in [5.41, 5.74) is 0.622. The van der Waals surface area contributed by atoms with E-state index in [0.717, 1.165) is 11.6 Å². The van der Waals surface area contributed by atoms with Crippen LogP contribution in [0.25, 0.3) is 0 Å². The number of hydrogen-bond acceptors (Lipinski definition) is 4. The van der Waals surface area contributed by atoms with Crippen molar-refractivity contribution in [1.82, 2.24) is 0 Å². The molecule has 0 fully saturated rings. The largest absolute Gasteiger partial charge is 0.494 e. The van der Waals surface area contributed by atoms with E-state index in [9.17, 15) is 17.6 Å². The highest BCUT2D eigenvalue weighted by atomic mass is 32.2. The summed E-state index contributed by atoms with van der Waals surface area (Å²) in [5.74, 6) is -1.25. The first-order chi connectivity index (χ1) is 13.8. The zero-order valence-corrected chi connectivity index (χ0v) is 16.8. The van der Waals surface area contributed by atoms with Crippen molar-refractivity contribution in [3.8, 4) is 5.75 Å². The van der Waals surface area contributed by atoms with Crippen LogP contribution in [0.4, 0.5) is 10.1 Å². The smallest absolute Gasteiger partial charge is 0.275 e. The topological polar surface area (TPSA) is 63.7 Å². The lowest BCUT2D eigenvalue weighted by molar-refractivity contribution is 0.100. The van der Waals surface area contributed by atoms with Crippen molar-refractivity contribution < 1.29 is 22.3 Å². The Hall–Kier alpha value is -3.19. The van der Waals surface area contributed by atoms with E-state index in [-0.39, 0.29) is 16.1 Å². The summed E-state index contributed by atoms with van der Waals surface area (Å²) < 4.78 is 46.9. The van der Waals surface area contributed by atoms with Gasteiger partial charge in [-0.3, -0.25) is 4.79 Å². The second kappa shape index (κ2) is 8.45. The highest BCUT2D eigenvalue weighted by molar-refractivity contribution is 7.93. The SMILES string of the molecule is CCOc1ccc(N(C(=O)c2ccccc2F)S(=O)(=O)c2ccc(C)cc2)cc1. The van der Waals surface area contributed by atoms with Crippen LogP contribution in [0.3, 0.4) is 0 Å². The van der Waals surface area contributed by atoms with Gasteiger partial charge in [-0.2, -0.15) is 4.31 Å². The maximum atomic E-state index is 14.3. The number of amides is 1. The Morgan fingerprint density at radius 3 is 2.17 bits per heavy atom.